The minimum Gasteiger partial charge on any atom is -0.479 e. The lowest BCUT2D eigenvalue weighted by atomic mass is 10.00. The third kappa shape index (κ3) is 3.96. The molecule has 7 heteroatoms. The lowest BCUT2D eigenvalue weighted by Gasteiger charge is -2.22. The molecular formula is C14H22N4O3. The maximum atomic E-state index is 12.0. The van der Waals surface area contributed by atoms with Crippen LogP contribution < -0.4 is 10.6 Å². The van der Waals surface area contributed by atoms with Crippen LogP contribution in [0.5, 0.6) is 0 Å². The summed E-state index contributed by atoms with van der Waals surface area (Å²) < 4.78 is 1.51. The number of aliphatic carboxylic acids is 1. The van der Waals surface area contributed by atoms with Crippen LogP contribution in [0, 0.1) is 5.92 Å². The molecule has 0 spiro atoms. The van der Waals surface area contributed by atoms with E-state index in [2.05, 4.69) is 15.7 Å². The summed E-state index contributed by atoms with van der Waals surface area (Å²) in [6.07, 6.45) is 7.66. The van der Waals surface area contributed by atoms with Gasteiger partial charge in [-0.15, -0.1) is 0 Å². The highest BCUT2D eigenvalue weighted by atomic mass is 16.4. The molecule has 0 saturated heterocycles. The third-order valence-corrected chi connectivity index (χ3v) is 4.05. The van der Waals surface area contributed by atoms with E-state index in [9.17, 15) is 14.7 Å². The SMILES string of the molecule is CC(NC(=O)NC(C(=O)O)c1cnn(C)c1)C1CCCC1. The number of nitrogens with one attached hydrogen (secondary N) is 2. The van der Waals surface area contributed by atoms with Gasteiger partial charge in [0.1, 0.15) is 0 Å². The topological polar surface area (TPSA) is 96.2 Å². The Morgan fingerprint density at radius 2 is 2.05 bits per heavy atom. The van der Waals surface area contributed by atoms with Crippen LogP contribution in [0.3, 0.4) is 0 Å². The molecule has 2 atom stereocenters. The largest absolute Gasteiger partial charge is 0.479 e. The lowest BCUT2D eigenvalue weighted by molar-refractivity contribution is -0.139. The van der Waals surface area contributed by atoms with Crippen molar-refractivity contribution in [3.8, 4) is 0 Å². The van der Waals surface area contributed by atoms with E-state index >= 15 is 0 Å². The van der Waals surface area contributed by atoms with Crippen molar-refractivity contribution in [2.75, 3.05) is 0 Å². The van der Waals surface area contributed by atoms with Crippen molar-refractivity contribution in [1.82, 2.24) is 20.4 Å². The summed E-state index contributed by atoms with van der Waals surface area (Å²) in [7, 11) is 1.70. The van der Waals surface area contributed by atoms with Crippen LogP contribution in [0.25, 0.3) is 0 Å². The Kier molecular flexibility index (Phi) is 4.82. The number of carbonyl (C=O) groups excluding carboxylic acids is 1. The first-order valence-corrected chi connectivity index (χ1v) is 7.25. The van der Waals surface area contributed by atoms with Gasteiger partial charge < -0.3 is 15.7 Å². The Hall–Kier alpha value is -2.05. The second kappa shape index (κ2) is 6.60. The number of urea groups is 1. The van der Waals surface area contributed by atoms with E-state index < -0.39 is 18.0 Å². The second-order valence-corrected chi connectivity index (χ2v) is 5.67. The number of carbonyl (C=O) groups is 2. The van der Waals surface area contributed by atoms with Crippen molar-refractivity contribution >= 4 is 12.0 Å². The van der Waals surface area contributed by atoms with Gasteiger partial charge in [-0.05, 0) is 25.7 Å². The standard InChI is InChI=1S/C14H22N4O3/c1-9(10-5-3-4-6-10)16-14(21)17-12(13(19)20)11-7-15-18(2)8-11/h7-10,12H,3-6H2,1-2H3,(H,19,20)(H2,16,17,21). The van der Waals surface area contributed by atoms with Gasteiger partial charge in [0.05, 0.1) is 6.20 Å². The zero-order valence-corrected chi connectivity index (χ0v) is 12.4. The number of hydrogen-bond donors (Lipinski definition) is 3. The van der Waals surface area contributed by atoms with Crippen molar-refractivity contribution in [2.45, 2.75) is 44.7 Å². The maximum Gasteiger partial charge on any atom is 0.331 e. The highest BCUT2D eigenvalue weighted by molar-refractivity contribution is 5.83. The highest BCUT2D eigenvalue weighted by Gasteiger charge is 2.26. The van der Waals surface area contributed by atoms with Crippen LogP contribution in [-0.4, -0.2) is 32.9 Å². The molecule has 0 bridgehead atoms. The van der Waals surface area contributed by atoms with Gasteiger partial charge in [-0.25, -0.2) is 9.59 Å². The molecule has 7 nitrogen and oxygen atoms in total. The van der Waals surface area contributed by atoms with E-state index in [1.165, 1.54) is 23.7 Å². The molecule has 1 aliphatic carbocycles. The summed E-state index contributed by atoms with van der Waals surface area (Å²) in [5, 5.41) is 18.5. The molecule has 3 N–H and O–H groups in total. The van der Waals surface area contributed by atoms with E-state index in [4.69, 9.17) is 0 Å². The minimum atomic E-state index is -1.10. The van der Waals surface area contributed by atoms with Crippen LogP contribution >= 0.6 is 0 Å². The van der Waals surface area contributed by atoms with E-state index in [1.54, 1.807) is 13.2 Å². The lowest BCUT2D eigenvalue weighted by Crippen LogP contribution is -2.46. The summed E-state index contributed by atoms with van der Waals surface area (Å²) in [6.45, 7) is 1.97. The Labute approximate surface area is 123 Å². The number of carboxylic acids is 1. The molecule has 0 aromatic carbocycles. The van der Waals surface area contributed by atoms with Gasteiger partial charge >= 0.3 is 12.0 Å². The summed E-state index contributed by atoms with van der Waals surface area (Å²) >= 11 is 0. The summed E-state index contributed by atoms with van der Waals surface area (Å²) in [6, 6.07) is -1.49. The molecule has 1 fully saturated rings. The van der Waals surface area contributed by atoms with Gasteiger partial charge in [-0.1, -0.05) is 12.8 Å². The molecule has 1 aromatic rings. The third-order valence-electron chi connectivity index (χ3n) is 4.05. The van der Waals surface area contributed by atoms with Crippen LogP contribution in [0.1, 0.15) is 44.2 Å². The predicted molar refractivity (Wildman–Crippen MR) is 76.7 cm³/mol. The summed E-state index contributed by atoms with van der Waals surface area (Å²) in [4.78, 5) is 23.3. The normalized spacial score (nSPS) is 18.2. The van der Waals surface area contributed by atoms with Gasteiger partial charge in [0.25, 0.3) is 0 Å². The molecule has 1 aliphatic rings. The summed E-state index contributed by atoms with van der Waals surface area (Å²) in [5.74, 6) is -0.621. The van der Waals surface area contributed by atoms with Crippen LogP contribution in [0.2, 0.25) is 0 Å². The molecule has 2 unspecified atom stereocenters. The van der Waals surface area contributed by atoms with Crippen molar-refractivity contribution in [2.24, 2.45) is 13.0 Å². The number of amides is 2. The Morgan fingerprint density at radius 1 is 1.38 bits per heavy atom. The molecular weight excluding hydrogens is 272 g/mol. The van der Waals surface area contributed by atoms with E-state index in [0.717, 1.165) is 12.8 Å². The fourth-order valence-corrected chi connectivity index (χ4v) is 2.83. The molecule has 0 aliphatic heterocycles. The smallest absolute Gasteiger partial charge is 0.331 e. The molecule has 0 radical (unpaired) electrons. The first-order chi connectivity index (χ1) is 9.97. The van der Waals surface area contributed by atoms with Crippen LogP contribution in [0.15, 0.2) is 12.4 Å². The number of carboxylic acid groups (broad SMARTS) is 1. The van der Waals surface area contributed by atoms with Crippen LogP contribution in [0.4, 0.5) is 4.79 Å². The Morgan fingerprint density at radius 3 is 2.57 bits per heavy atom. The average Bonchev–Trinajstić information content (AvgIpc) is 3.06. The monoisotopic (exact) mass is 294 g/mol. The van der Waals surface area contributed by atoms with Crippen molar-refractivity contribution in [1.29, 1.82) is 0 Å². The van der Waals surface area contributed by atoms with Crippen LogP contribution in [-0.2, 0) is 11.8 Å². The number of hydrogen-bond acceptors (Lipinski definition) is 3. The second-order valence-electron chi connectivity index (χ2n) is 5.67. The van der Waals surface area contributed by atoms with Gasteiger partial charge in [-0.2, -0.15) is 5.10 Å². The molecule has 21 heavy (non-hydrogen) atoms. The van der Waals surface area contributed by atoms with Crippen molar-refractivity contribution in [3.63, 3.8) is 0 Å². The van der Waals surface area contributed by atoms with Gasteiger partial charge in [0, 0.05) is 24.8 Å². The number of aryl methyl sites for hydroxylation is 1. The number of aromatic nitrogens is 2. The molecule has 1 aromatic heterocycles. The fraction of sp³-hybridized carbons (Fsp3) is 0.643. The van der Waals surface area contributed by atoms with E-state index in [1.807, 2.05) is 6.92 Å². The highest BCUT2D eigenvalue weighted by Crippen LogP contribution is 2.27. The quantitative estimate of drug-likeness (QED) is 0.765. The Bertz CT molecular complexity index is 508. The zero-order valence-electron chi connectivity index (χ0n) is 12.4. The molecule has 116 valence electrons. The first kappa shape index (κ1) is 15.3. The average molecular weight is 294 g/mol. The Balaban J connectivity index is 1.93. The molecule has 1 heterocycles. The minimum absolute atomic E-state index is 0.0517. The first-order valence-electron chi connectivity index (χ1n) is 7.25. The number of nitrogens with zero attached hydrogens (tertiary/aromatic N) is 2. The van der Waals surface area contributed by atoms with E-state index in [-0.39, 0.29) is 6.04 Å². The van der Waals surface area contributed by atoms with E-state index in [0.29, 0.717) is 11.5 Å². The van der Waals surface area contributed by atoms with Crippen molar-refractivity contribution in [3.05, 3.63) is 18.0 Å². The van der Waals surface area contributed by atoms with Gasteiger partial charge in [0.2, 0.25) is 0 Å². The zero-order chi connectivity index (χ0) is 15.4. The fourth-order valence-electron chi connectivity index (χ4n) is 2.83. The molecule has 2 rings (SSSR count). The van der Waals surface area contributed by atoms with Gasteiger partial charge in [0.15, 0.2) is 6.04 Å². The van der Waals surface area contributed by atoms with Gasteiger partial charge in [-0.3, -0.25) is 4.68 Å². The predicted octanol–water partition coefficient (Wildman–Crippen LogP) is 1.42. The summed E-state index contributed by atoms with van der Waals surface area (Å²) in [5.41, 5.74) is 0.452. The number of rotatable bonds is 5. The maximum absolute atomic E-state index is 12.0. The molecule has 1 saturated carbocycles. The van der Waals surface area contributed by atoms with Crippen molar-refractivity contribution < 1.29 is 14.7 Å². The molecule has 2 amide bonds.